The minimum absolute atomic E-state index is 0.0146. The largest absolute Gasteiger partial charge is 0.506 e. The molecule has 0 saturated heterocycles. The van der Waals surface area contributed by atoms with E-state index < -0.39 is 38.3 Å². The first kappa shape index (κ1) is 16.7. The molecule has 0 bridgehead atoms. The van der Waals surface area contributed by atoms with E-state index in [0.29, 0.717) is 12.1 Å². The van der Waals surface area contributed by atoms with Gasteiger partial charge in [-0.1, -0.05) is 0 Å². The van der Waals surface area contributed by atoms with Crippen molar-refractivity contribution in [3.63, 3.8) is 0 Å². The molecule has 0 aliphatic rings. The molecule has 0 aliphatic carbocycles. The van der Waals surface area contributed by atoms with E-state index in [-0.39, 0.29) is 11.3 Å². The van der Waals surface area contributed by atoms with Crippen LogP contribution in [0.15, 0.2) is 41.3 Å². The van der Waals surface area contributed by atoms with E-state index in [1.54, 1.807) is 0 Å². The molecule has 0 atom stereocenters. The first-order valence-corrected chi connectivity index (χ1v) is 7.62. The molecule has 2 N–H and O–H groups in total. The van der Waals surface area contributed by atoms with E-state index >= 15 is 0 Å². The van der Waals surface area contributed by atoms with Gasteiger partial charge in [0.25, 0.3) is 10.0 Å². The average molecular weight is 343 g/mol. The number of methoxy groups -OCH3 is 1. The van der Waals surface area contributed by atoms with Crippen molar-refractivity contribution in [1.29, 1.82) is 0 Å². The van der Waals surface area contributed by atoms with Gasteiger partial charge in [0, 0.05) is 0 Å². The highest BCUT2D eigenvalue weighted by Crippen LogP contribution is 2.27. The standard InChI is InChI=1S/C14H11F2NO5S/c1-22-14(19)8-2-5-12(13(18)6-8)17-23(20,21)9-3-4-10(15)11(16)7-9/h2-7,17-18H,1H3. The predicted molar refractivity (Wildman–Crippen MR) is 76.6 cm³/mol. The normalized spacial score (nSPS) is 11.1. The van der Waals surface area contributed by atoms with E-state index in [1.165, 1.54) is 6.07 Å². The first-order chi connectivity index (χ1) is 10.7. The Morgan fingerprint density at radius 2 is 1.83 bits per heavy atom. The maximum Gasteiger partial charge on any atom is 0.337 e. The van der Waals surface area contributed by atoms with Gasteiger partial charge in [-0.25, -0.2) is 22.0 Å². The van der Waals surface area contributed by atoms with Gasteiger partial charge in [0.2, 0.25) is 0 Å². The molecule has 0 unspecified atom stereocenters. The van der Waals surface area contributed by atoms with Crippen molar-refractivity contribution in [3.05, 3.63) is 53.6 Å². The van der Waals surface area contributed by atoms with Gasteiger partial charge in [-0.05, 0) is 36.4 Å². The summed E-state index contributed by atoms with van der Waals surface area (Å²) in [5.41, 5.74) is -0.219. The summed E-state index contributed by atoms with van der Waals surface area (Å²) in [6.07, 6.45) is 0. The van der Waals surface area contributed by atoms with Gasteiger partial charge in [-0.15, -0.1) is 0 Å². The second kappa shape index (κ2) is 6.21. The van der Waals surface area contributed by atoms with E-state index in [4.69, 9.17) is 0 Å². The number of esters is 1. The lowest BCUT2D eigenvalue weighted by atomic mass is 10.2. The lowest BCUT2D eigenvalue weighted by Gasteiger charge is -2.10. The van der Waals surface area contributed by atoms with E-state index in [9.17, 15) is 27.1 Å². The number of ether oxygens (including phenoxy) is 1. The van der Waals surface area contributed by atoms with Crippen LogP contribution in [0.4, 0.5) is 14.5 Å². The summed E-state index contributed by atoms with van der Waals surface area (Å²) in [4.78, 5) is 10.8. The van der Waals surface area contributed by atoms with Crippen LogP contribution < -0.4 is 4.72 Å². The Kier molecular flexibility index (Phi) is 4.50. The Morgan fingerprint density at radius 1 is 1.13 bits per heavy atom. The molecule has 0 radical (unpaired) electrons. The molecule has 0 aliphatic heterocycles. The third-order valence-electron chi connectivity index (χ3n) is 2.86. The van der Waals surface area contributed by atoms with Crippen molar-refractivity contribution < 1.29 is 31.8 Å². The summed E-state index contributed by atoms with van der Waals surface area (Å²) >= 11 is 0. The Labute approximate surface area is 130 Å². The SMILES string of the molecule is COC(=O)c1ccc(NS(=O)(=O)c2ccc(F)c(F)c2)c(O)c1. The fourth-order valence-electron chi connectivity index (χ4n) is 1.71. The third-order valence-corrected chi connectivity index (χ3v) is 4.23. The molecule has 0 aromatic heterocycles. The minimum Gasteiger partial charge on any atom is -0.506 e. The number of carbonyl (C=O) groups is 1. The van der Waals surface area contributed by atoms with Gasteiger partial charge < -0.3 is 9.84 Å². The van der Waals surface area contributed by atoms with Crippen molar-refractivity contribution in [1.82, 2.24) is 0 Å². The number of phenolic OH excluding ortho intramolecular Hbond substituents is 1. The fourth-order valence-corrected chi connectivity index (χ4v) is 2.80. The van der Waals surface area contributed by atoms with Crippen molar-refractivity contribution in [2.45, 2.75) is 4.90 Å². The second-order valence-electron chi connectivity index (χ2n) is 4.40. The van der Waals surface area contributed by atoms with E-state index in [0.717, 1.165) is 25.3 Å². The van der Waals surface area contributed by atoms with E-state index in [1.807, 2.05) is 4.72 Å². The Hall–Kier alpha value is -2.68. The van der Waals surface area contributed by atoms with Crippen LogP contribution in [-0.4, -0.2) is 26.6 Å². The summed E-state index contributed by atoms with van der Waals surface area (Å²) in [7, 11) is -3.09. The molecule has 122 valence electrons. The number of phenols is 1. The first-order valence-electron chi connectivity index (χ1n) is 6.14. The van der Waals surface area contributed by atoms with Crippen molar-refractivity contribution in [2.24, 2.45) is 0 Å². The molecular weight excluding hydrogens is 332 g/mol. The van der Waals surface area contributed by atoms with Crippen molar-refractivity contribution >= 4 is 21.7 Å². The van der Waals surface area contributed by atoms with Crippen LogP contribution in [0.25, 0.3) is 0 Å². The third kappa shape index (κ3) is 3.57. The van der Waals surface area contributed by atoms with Gasteiger partial charge >= 0.3 is 5.97 Å². The number of sulfonamides is 1. The number of hydrogen-bond acceptors (Lipinski definition) is 5. The van der Waals surface area contributed by atoms with Gasteiger partial charge in [0.15, 0.2) is 11.6 Å². The second-order valence-corrected chi connectivity index (χ2v) is 6.09. The Balaban J connectivity index is 2.33. The molecular formula is C14H11F2NO5S. The summed E-state index contributed by atoms with van der Waals surface area (Å²) in [6, 6.07) is 5.44. The average Bonchev–Trinajstić information content (AvgIpc) is 2.51. The molecule has 0 saturated carbocycles. The highest BCUT2D eigenvalue weighted by molar-refractivity contribution is 7.92. The Bertz CT molecular complexity index is 867. The Morgan fingerprint density at radius 3 is 2.39 bits per heavy atom. The number of halogens is 2. The topological polar surface area (TPSA) is 92.7 Å². The van der Waals surface area contributed by atoms with Crippen LogP contribution in [0, 0.1) is 11.6 Å². The number of hydrogen-bond donors (Lipinski definition) is 2. The minimum atomic E-state index is -4.25. The van der Waals surface area contributed by atoms with Crippen LogP contribution >= 0.6 is 0 Å². The lowest BCUT2D eigenvalue weighted by Crippen LogP contribution is -2.14. The predicted octanol–water partition coefficient (Wildman–Crippen LogP) is 2.26. The maximum atomic E-state index is 13.1. The van der Waals surface area contributed by atoms with E-state index in [2.05, 4.69) is 4.74 Å². The molecule has 0 amide bonds. The van der Waals surface area contributed by atoms with Crippen LogP contribution in [0.2, 0.25) is 0 Å². The number of nitrogens with one attached hydrogen (secondary N) is 1. The van der Waals surface area contributed by atoms with Crippen LogP contribution in [0.3, 0.4) is 0 Å². The van der Waals surface area contributed by atoms with Crippen LogP contribution in [-0.2, 0) is 14.8 Å². The van der Waals surface area contributed by atoms with Crippen LogP contribution in [0.5, 0.6) is 5.75 Å². The summed E-state index contributed by atoms with van der Waals surface area (Å²) in [5.74, 6) is -3.75. The van der Waals surface area contributed by atoms with Gasteiger partial charge in [-0.3, -0.25) is 4.72 Å². The number of benzene rings is 2. The molecule has 9 heteroatoms. The molecule has 0 spiro atoms. The quantitative estimate of drug-likeness (QED) is 0.656. The van der Waals surface area contributed by atoms with Crippen molar-refractivity contribution in [2.75, 3.05) is 11.8 Å². The number of carbonyl (C=O) groups excluding carboxylic acids is 1. The molecule has 6 nitrogen and oxygen atoms in total. The zero-order valence-electron chi connectivity index (χ0n) is 11.7. The molecule has 2 aromatic carbocycles. The number of aromatic hydroxyl groups is 1. The zero-order chi connectivity index (χ0) is 17.2. The van der Waals surface area contributed by atoms with Crippen molar-refractivity contribution in [3.8, 4) is 5.75 Å². The molecule has 2 aromatic rings. The number of rotatable bonds is 4. The maximum absolute atomic E-state index is 13.1. The smallest absolute Gasteiger partial charge is 0.337 e. The summed E-state index contributed by atoms with van der Waals surface area (Å²) in [6.45, 7) is 0. The van der Waals surface area contributed by atoms with Gasteiger partial charge in [0.05, 0.1) is 23.3 Å². The summed E-state index contributed by atoms with van der Waals surface area (Å²) in [5, 5.41) is 9.78. The van der Waals surface area contributed by atoms with Gasteiger partial charge in [-0.2, -0.15) is 0 Å². The monoisotopic (exact) mass is 343 g/mol. The molecule has 0 heterocycles. The summed E-state index contributed by atoms with van der Waals surface area (Å²) < 4.78 is 56.7. The lowest BCUT2D eigenvalue weighted by molar-refractivity contribution is 0.0600. The molecule has 23 heavy (non-hydrogen) atoms. The molecule has 0 fully saturated rings. The molecule has 2 rings (SSSR count). The zero-order valence-corrected chi connectivity index (χ0v) is 12.5. The highest BCUT2D eigenvalue weighted by atomic mass is 32.2. The van der Waals surface area contributed by atoms with Crippen LogP contribution in [0.1, 0.15) is 10.4 Å². The number of anilines is 1. The highest BCUT2D eigenvalue weighted by Gasteiger charge is 2.19. The van der Waals surface area contributed by atoms with Gasteiger partial charge in [0.1, 0.15) is 5.75 Å². The fraction of sp³-hybridized carbons (Fsp3) is 0.0714.